The summed E-state index contributed by atoms with van der Waals surface area (Å²) in [5.41, 5.74) is 2.57. The molecule has 0 heterocycles. The van der Waals surface area contributed by atoms with Crippen LogP contribution in [0.2, 0.25) is 0 Å². The second-order valence-electron chi connectivity index (χ2n) is 4.75. The molecule has 3 heteroatoms. The van der Waals surface area contributed by atoms with Crippen LogP contribution in [0.15, 0.2) is 22.7 Å². The monoisotopic (exact) mass is 285 g/mol. The second-order valence-corrected chi connectivity index (χ2v) is 5.61. The summed E-state index contributed by atoms with van der Waals surface area (Å²) in [6.45, 7) is 7.96. The van der Waals surface area contributed by atoms with Gasteiger partial charge in [0.05, 0.1) is 6.61 Å². The van der Waals surface area contributed by atoms with Crippen LogP contribution < -0.4 is 5.32 Å². The van der Waals surface area contributed by atoms with Gasteiger partial charge in [-0.15, -0.1) is 0 Å². The molecule has 0 aliphatic rings. The summed E-state index contributed by atoms with van der Waals surface area (Å²) in [6.07, 6.45) is 0. The van der Waals surface area contributed by atoms with Crippen LogP contribution in [-0.2, 0) is 11.3 Å². The zero-order valence-corrected chi connectivity index (χ0v) is 12.0. The van der Waals surface area contributed by atoms with Gasteiger partial charge >= 0.3 is 0 Å². The molecule has 0 amide bonds. The summed E-state index contributed by atoms with van der Waals surface area (Å²) < 4.78 is 6.33. The van der Waals surface area contributed by atoms with Crippen molar-refractivity contribution in [2.45, 2.75) is 32.9 Å². The predicted molar refractivity (Wildman–Crippen MR) is 71.7 cm³/mol. The van der Waals surface area contributed by atoms with Gasteiger partial charge in [-0.1, -0.05) is 28.1 Å². The van der Waals surface area contributed by atoms with Gasteiger partial charge in [0.25, 0.3) is 0 Å². The quantitative estimate of drug-likeness (QED) is 0.897. The molecule has 1 N–H and O–H groups in total. The first-order chi connectivity index (χ1) is 7.44. The van der Waals surface area contributed by atoms with E-state index in [9.17, 15) is 0 Å². The van der Waals surface area contributed by atoms with Crippen molar-refractivity contribution in [3.8, 4) is 0 Å². The Balaban J connectivity index is 2.57. The van der Waals surface area contributed by atoms with E-state index in [4.69, 9.17) is 4.74 Å². The molecule has 1 rings (SSSR count). The van der Waals surface area contributed by atoms with E-state index in [2.05, 4.69) is 60.2 Å². The van der Waals surface area contributed by atoms with Gasteiger partial charge in [-0.25, -0.2) is 0 Å². The van der Waals surface area contributed by atoms with E-state index in [1.807, 2.05) is 0 Å². The van der Waals surface area contributed by atoms with Crippen LogP contribution in [0.1, 0.15) is 25.0 Å². The largest absolute Gasteiger partial charge is 0.383 e. The van der Waals surface area contributed by atoms with Crippen LogP contribution >= 0.6 is 15.9 Å². The molecular weight excluding hydrogens is 266 g/mol. The minimum absolute atomic E-state index is 0.00965. The lowest BCUT2D eigenvalue weighted by Gasteiger charge is -2.25. The van der Waals surface area contributed by atoms with Crippen molar-refractivity contribution >= 4 is 15.9 Å². The summed E-state index contributed by atoms with van der Waals surface area (Å²) in [5.74, 6) is 0. The standard InChI is InChI=1S/C13H20BrNO/c1-10-7-11(5-6-12(10)14)8-15-13(2,3)9-16-4/h5-7,15H,8-9H2,1-4H3. The number of nitrogens with one attached hydrogen (secondary N) is 1. The highest BCUT2D eigenvalue weighted by Crippen LogP contribution is 2.17. The van der Waals surface area contributed by atoms with Gasteiger partial charge in [0.1, 0.15) is 0 Å². The number of aryl methyl sites for hydroxylation is 1. The molecule has 90 valence electrons. The van der Waals surface area contributed by atoms with Crippen LogP contribution in [-0.4, -0.2) is 19.3 Å². The third kappa shape index (κ3) is 4.24. The van der Waals surface area contributed by atoms with E-state index in [-0.39, 0.29) is 5.54 Å². The Morgan fingerprint density at radius 3 is 2.62 bits per heavy atom. The SMILES string of the molecule is COCC(C)(C)NCc1ccc(Br)c(C)c1. The van der Waals surface area contributed by atoms with E-state index >= 15 is 0 Å². The maximum atomic E-state index is 5.17. The van der Waals surface area contributed by atoms with E-state index in [0.29, 0.717) is 6.61 Å². The molecule has 16 heavy (non-hydrogen) atoms. The smallest absolute Gasteiger partial charge is 0.0639 e. The fourth-order valence-electron chi connectivity index (χ4n) is 1.57. The number of hydrogen-bond acceptors (Lipinski definition) is 2. The van der Waals surface area contributed by atoms with Crippen molar-refractivity contribution < 1.29 is 4.74 Å². The lowest BCUT2D eigenvalue weighted by molar-refractivity contribution is 0.128. The molecule has 0 saturated heterocycles. The maximum Gasteiger partial charge on any atom is 0.0639 e. The number of methoxy groups -OCH3 is 1. The molecule has 0 atom stereocenters. The van der Waals surface area contributed by atoms with Crippen molar-refractivity contribution in [1.82, 2.24) is 5.32 Å². The van der Waals surface area contributed by atoms with Crippen molar-refractivity contribution in [3.63, 3.8) is 0 Å². The third-order valence-electron chi connectivity index (χ3n) is 2.50. The number of hydrogen-bond donors (Lipinski definition) is 1. The molecule has 0 fully saturated rings. The van der Waals surface area contributed by atoms with Gasteiger partial charge in [0.2, 0.25) is 0 Å². The zero-order valence-electron chi connectivity index (χ0n) is 10.4. The fourth-order valence-corrected chi connectivity index (χ4v) is 1.82. The Bertz CT molecular complexity index is 350. The molecule has 0 unspecified atom stereocenters. The van der Waals surface area contributed by atoms with E-state index in [0.717, 1.165) is 11.0 Å². The molecule has 1 aromatic carbocycles. The van der Waals surface area contributed by atoms with Crippen LogP contribution in [0.3, 0.4) is 0 Å². The normalized spacial score (nSPS) is 11.8. The van der Waals surface area contributed by atoms with Gasteiger partial charge in [-0.05, 0) is 38.0 Å². The predicted octanol–water partition coefficient (Wildman–Crippen LogP) is 3.27. The number of halogens is 1. The number of ether oxygens (including phenoxy) is 1. The van der Waals surface area contributed by atoms with E-state index in [1.54, 1.807) is 7.11 Å². The average Bonchev–Trinajstić information content (AvgIpc) is 2.20. The van der Waals surface area contributed by atoms with Gasteiger partial charge in [0, 0.05) is 23.7 Å². The highest BCUT2D eigenvalue weighted by molar-refractivity contribution is 9.10. The van der Waals surface area contributed by atoms with Gasteiger partial charge < -0.3 is 10.1 Å². The molecule has 0 aliphatic carbocycles. The van der Waals surface area contributed by atoms with Crippen molar-refractivity contribution in [3.05, 3.63) is 33.8 Å². The average molecular weight is 286 g/mol. The number of benzene rings is 1. The van der Waals surface area contributed by atoms with Gasteiger partial charge in [0.15, 0.2) is 0 Å². The lowest BCUT2D eigenvalue weighted by atomic mass is 10.1. The topological polar surface area (TPSA) is 21.3 Å². The molecule has 0 aromatic heterocycles. The van der Waals surface area contributed by atoms with Crippen LogP contribution in [0.4, 0.5) is 0 Å². The second kappa shape index (κ2) is 5.80. The molecule has 0 spiro atoms. The van der Waals surface area contributed by atoms with Crippen LogP contribution in [0, 0.1) is 6.92 Å². The summed E-state index contributed by atoms with van der Waals surface area (Å²) in [6, 6.07) is 6.42. The Hall–Kier alpha value is -0.380. The molecule has 0 aliphatic heterocycles. The molecule has 2 nitrogen and oxygen atoms in total. The first kappa shape index (κ1) is 13.7. The first-order valence-corrected chi connectivity index (χ1v) is 6.23. The highest BCUT2D eigenvalue weighted by Gasteiger charge is 2.16. The van der Waals surface area contributed by atoms with E-state index in [1.165, 1.54) is 11.1 Å². The third-order valence-corrected chi connectivity index (χ3v) is 3.39. The summed E-state index contributed by atoms with van der Waals surface area (Å²) >= 11 is 3.50. The first-order valence-electron chi connectivity index (χ1n) is 5.43. The number of rotatable bonds is 5. The molecular formula is C13H20BrNO. The van der Waals surface area contributed by atoms with Crippen molar-refractivity contribution in [1.29, 1.82) is 0 Å². The van der Waals surface area contributed by atoms with E-state index < -0.39 is 0 Å². The maximum absolute atomic E-state index is 5.17. The van der Waals surface area contributed by atoms with Gasteiger partial charge in [-0.3, -0.25) is 0 Å². The molecule has 0 bridgehead atoms. The van der Waals surface area contributed by atoms with Crippen LogP contribution in [0.5, 0.6) is 0 Å². The van der Waals surface area contributed by atoms with Crippen LogP contribution in [0.25, 0.3) is 0 Å². The summed E-state index contributed by atoms with van der Waals surface area (Å²) in [7, 11) is 1.73. The summed E-state index contributed by atoms with van der Waals surface area (Å²) in [4.78, 5) is 0. The Morgan fingerprint density at radius 1 is 1.38 bits per heavy atom. The van der Waals surface area contributed by atoms with Crippen molar-refractivity contribution in [2.75, 3.05) is 13.7 Å². The Morgan fingerprint density at radius 2 is 2.06 bits per heavy atom. The Labute approximate surface area is 107 Å². The highest BCUT2D eigenvalue weighted by atomic mass is 79.9. The summed E-state index contributed by atoms with van der Waals surface area (Å²) in [5, 5.41) is 3.48. The van der Waals surface area contributed by atoms with Gasteiger partial charge in [-0.2, -0.15) is 0 Å². The minimum atomic E-state index is 0.00965. The minimum Gasteiger partial charge on any atom is -0.383 e. The lowest BCUT2D eigenvalue weighted by Crippen LogP contribution is -2.42. The van der Waals surface area contributed by atoms with Crippen molar-refractivity contribution in [2.24, 2.45) is 0 Å². The fraction of sp³-hybridized carbons (Fsp3) is 0.538. The molecule has 0 saturated carbocycles. The molecule has 0 radical (unpaired) electrons. The Kier molecular flexibility index (Phi) is 4.96. The zero-order chi connectivity index (χ0) is 12.2. The molecule has 1 aromatic rings.